The molecule has 1 saturated carbocycles. The monoisotopic (exact) mass is 282 g/mol. The van der Waals surface area contributed by atoms with Gasteiger partial charge in [-0.3, -0.25) is 0 Å². The Labute approximate surface area is 106 Å². The largest absolute Gasteiger partial charge is 0.383 e. The number of nitrogen functional groups attached to an aromatic ring is 1. The van der Waals surface area contributed by atoms with Crippen molar-refractivity contribution in [1.82, 2.24) is 4.98 Å². The number of pyridine rings is 1. The van der Waals surface area contributed by atoms with Crippen LogP contribution in [0.25, 0.3) is 0 Å². The first-order valence-corrected chi connectivity index (χ1v) is 7.00. The maximum atomic E-state index is 5.89. The van der Waals surface area contributed by atoms with Crippen LogP contribution in [0.3, 0.4) is 0 Å². The van der Waals surface area contributed by atoms with E-state index < -0.39 is 0 Å². The first-order chi connectivity index (χ1) is 7.75. The molecule has 1 aliphatic rings. The van der Waals surface area contributed by atoms with Crippen molar-refractivity contribution in [3.63, 3.8) is 0 Å². The van der Waals surface area contributed by atoms with E-state index in [4.69, 9.17) is 5.73 Å². The van der Waals surface area contributed by atoms with Crippen molar-refractivity contribution in [2.45, 2.75) is 43.4 Å². The van der Waals surface area contributed by atoms with Crippen molar-refractivity contribution in [2.24, 2.45) is 5.92 Å². The molecule has 0 aliphatic heterocycles. The summed E-state index contributed by atoms with van der Waals surface area (Å²) < 4.78 is 0. The van der Waals surface area contributed by atoms with Crippen molar-refractivity contribution < 1.29 is 0 Å². The van der Waals surface area contributed by atoms with Gasteiger partial charge in [-0.1, -0.05) is 41.3 Å². The number of aromatic nitrogens is 1. The van der Waals surface area contributed by atoms with Gasteiger partial charge in [0.2, 0.25) is 0 Å². The summed E-state index contributed by atoms with van der Waals surface area (Å²) in [6.07, 6.45) is 9.48. The second-order valence-electron chi connectivity index (χ2n) is 4.74. The normalized spacial score (nSPS) is 26.3. The third kappa shape index (κ3) is 3.21. The zero-order valence-corrected chi connectivity index (χ0v) is 11.1. The Balaban J connectivity index is 2.00. The van der Waals surface area contributed by atoms with Crippen LogP contribution in [-0.4, -0.2) is 9.81 Å². The third-order valence-electron chi connectivity index (χ3n) is 3.40. The van der Waals surface area contributed by atoms with Gasteiger partial charge < -0.3 is 5.73 Å². The van der Waals surface area contributed by atoms with Crippen molar-refractivity contribution in [1.29, 1.82) is 0 Å². The summed E-state index contributed by atoms with van der Waals surface area (Å²) in [4.78, 5) is 4.85. The number of nitrogens with two attached hydrogens (primary N) is 1. The molecule has 3 heteroatoms. The summed E-state index contributed by atoms with van der Waals surface area (Å²) in [5, 5.41) is 0. The number of rotatable bonds is 2. The molecule has 16 heavy (non-hydrogen) atoms. The summed E-state index contributed by atoms with van der Waals surface area (Å²) in [5.41, 5.74) is 7.11. The van der Waals surface area contributed by atoms with Gasteiger partial charge in [0.15, 0.2) is 0 Å². The van der Waals surface area contributed by atoms with Gasteiger partial charge in [-0.25, -0.2) is 4.98 Å². The van der Waals surface area contributed by atoms with Gasteiger partial charge in [0.25, 0.3) is 0 Å². The van der Waals surface area contributed by atoms with E-state index in [-0.39, 0.29) is 0 Å². The molecule has 1 aromatic rings. The lowest BCUT2D eigenvalue weighted by atomic mass is 9.93. The second kappa shape index (κ2) is 5.67. The minimum atomic E-state index is 0.692. The minimum absolute atomic E-state index is 0.692. The topological polar surface area (TPSA) is 38.9 Å². The van der Waals surface area contributed by atoms with E-state index in [0.29, 0.717) is 10.6 Å². The molecular weight excluding hydrogens is 264 g/mol. The van der Waals surface area contributed by atoms with Crippen molar-refractivity contribution in [3.8, 4) is 0 Å². The molecule has 2 atom stereocenters. The molecule has 1 aliphatic carbocycles. The predicted molar refractivity (Wildman–Crippen MR) is 71.6 cm³/mol. The zero-order valence-electron chi connectivity index (χ0n) is 9.53. The maximum Gasteiger partial charge on any atom is 0.126 e. The molecule has 1 heterocycles. The van der Waals surface area contributed by atoms with Crippen LogP contribution in [0, 0.1) is 5.92 Å². The highest BCUT2D eigenvalue weighted by atomic mass is 79.9. The fraction of sp³-hybridized carbons (Fsp3) is 0.615. The van der Waals surface area contributed by atoms with Gasteiger partial charge >= 0.3 is 0 Å². The molecule has 2 unspecified atom stereocenters. The Morgan fingerprint density at radius 1 is 1.38 bits per heavy atom. The standard InChI is InChI=1S/C13H19BrN2/c14-12-6-2-1-4-10(9-12)8-11-5-3-7-16-13(11)15/h3,5,7,10,12H,1-2,4,6,8-9H2,(H2,15,16). The molecular formula is C13H19BrN2. The van der Waals surface area contributed by atoms with Crippen LogP contribution in [-0.2, 0) is 6.42 Å². The predicted octanol–water partition coefficient (Wildman–Crippen LogP) is 3.55. The van der Waals surface area contributed by atoms with Crippen LogP contribution < -0.4 is 5.73 Å². The van der Waals surface area contributed by atoms with E-state index in [0.717, 1.165) is 12.3 Å². The quantitative estimate of drug-likeness (QED) is 0.666. The van der Waals surface area contributed by atoms with Gasteiger partial charge in [-0.15, -0.1) is 0 Å². The third-order valence-corrected chi connectivity index (χ3v) is 4.24. The highest BCUT2D eigenvalue weighted by Gasteiger charge is 2.19. The zero-order chi connectivity index (χ0) is 11.4. The number of hydrogen-bond acceptors (Lipinski definition) is 2. The molecule has 0 spiro atoms. The number of hydrogen-bond donors (Lipinski definition) is 1. The smallest absolute Gasteiger partial charge is 0.126 e. The average Bonchev–Trinajstić information content (AvgIpc) is 2.46. The molecule has 0 aromatic carbocycles. The number of halogens is 1. The Bertz CT molecular complexity index is 340. The molecule has 0 saturated heterocycles. The Kier molecular flexibility index (Phi) is 4.22. The lowest BCUT2D eigenvalue weighted by Gasteiger charge is -2.16. The Hall–Kier alpha value is -0.570. The first-order valence-electron chi connectivity index (χ1n) is 6.09. The summed E-state index contributed by atoms with van der Waals surface area (Å²) >= 11 is 3.76. The minimum Gasteiger partial charge on any atom is -0.383 e. The SMILES string of the molecule is Nc1ncccc1CC1CCCCC(Br)C1. The average molecular weight is 283 g/mol. The van der Waals surface area contributed by atoms with Crippen molar-refractivity contribution >= 4 is 21.7 Å². The second-order valence-corrected chi connectivity index (χ2v) is 6.03. The van der Waals surface area contributed by atoms with Crippen LogP contribution in [0.2, 0.25) is 0 Å². The molecule has 88 valence electrons. The lowest BCUT2D eigenvalue weighted by molar-refractivity contribution is 0.464. The van der Waals surface area contributed by atoms with Gasteiger partial charge in [0, 0.05) is 11.0 Å². The molecule has 0 radical (unpaired) electrons. The van der Waals surface area contributed by atoms with E-state index in [9.17, 15) is 0 Å². The highest BCUT2D eigenvalue weighted by molar-refractivity contribution is 9.09. The summed E-state index contributed by atoms with van der Waals surface area (Å²) in [6.45, 7) is 0. The Morgan fingerprint density at radius 3 is 3.00 bits per heavy atom. The van der Waals surface area contributed by atoms with Gasteiger partial charge in [0.1, 0.15) is 5.82 Å². The number of alkyl halides is 1. The molecule has 0 bridgehead atoms. The maximum absolute atomic E-state index is 5.89. The van der Waals surface area contributed by atoms with Crippen LogP contribution in [0.15, 0.2) is 18.3 Å². The lowest BCUT2D eigenvalue weighted by Crippen LogP contribution is -2.10. The van der Waals surface area contributed by atoms with Crippen molar-refractivity contribution in [2.75, 3.05) is 5.73 Å². The highest BCUT2D eigenvalue weighted by Crippen LogP contribution is 2.30. The van der Waals surface area contributed by atoms with Crippen LogP contribution >= 0.6 is 15.9 Å². The molecule has 1 fully saturated rings. The van der Waals surface area contributed by atoms with Gasteiger partial charge in [0.05, 0.1) is 0 Å². The molecule has 1 aromatic heterocycles. The fourth-order valence-corrected chi connectivity index (χ4v) is 3.37. The first kappa shape index (κ1) is 11.9. The van der Waals surface area contributed by atoms with E-state index in [1.165, 1.54) is 37.7 Å². The van der Waals surface area contributed by atoms with E-state index in [1.807, 2.05) is 6.07 Å². The Morgan fingerprint density at radius 2 is 2.19 bits per heavy atom. The number of anilines is 1. The van der Waals surface area contributed by atoms with Crippen LogP contribution in [0.1, 0.15) is 37.7 Å². The summed E-state index contributed by atoms with van der Waals surface area (Å²) in [5.74, 6) is 1.47. The van der Waals surface area contributed by atoms with Crippen LogP contribution in [0.5, 0.6) is 0 Å². The van der Waals surface area contributed by atoms with E-state index in [1.54, 1.807) is 6.20 Å². The number of nitrogens with zero attached hydrogens (tertiary/aromatic N) is 1. The summed E-state index contributed by atoms with van der Waals surface area (Å²) in [7, 11) is 0. The van der Waals surface area contributed by atoms with Gasteiger partial charge in [-0.05, 0) is 36.8 Å². The van der Waals surface area contributed by atoms with Gasteiger partial charge in [-0.2, -0.15) is 0 Å². The molecule has 2 rings (SSSR count). The molecule has 0 amide bonds. The molecule has 2 N–H and O–H groups in total. The van der Waals surface area contributed by atoms with Crippen LogP contribution in [0.4, 0.5) is 5.82 Å². The summed E-state index contributed by atoms with van der Waals surface area (Å²) in [6, 6.07) is 4.09. The fourth-order valence-electron chi connectivity index (χ4n) is 2.52. The molecule has 2 nitrogen and oxygen atoms in total. The van der Waals surface area contributed by atoms with E-state index >= 15 is 0 Å². The van der Waals surface area contributed by atoms with Crippen molar-refractivity contribution in [3.05, 3.63) is 23.9 Å². The van der Waals surface area contributed by atoms with E-state index in [2.05, 4.69) is 27.0 Å².